The zero-order valence-corrected chi connectivity index (χ0v) is 18.0. The number of benzene rings is 2. The minimum Gasteiger partial charge on any atom is -0.356 e. The third-order valence-corrected chi connectivity index (χ3v) is 5.63. The highest BCUT2D eigenvalue weighted by Gasteiger charge is 2.22. The summed E-state index contributed by atoms with van der Waals surface area (Å²) in [5.74, 6) is -0.573. The summed E-state index contributed by atoms with van der Waals surface area (Å²) in [7, 11) is 0. The van der Waals surface area contributed by atoms with Crippen LogP contribution in [-0.2, 0) is 16.1 Å². The molecule has 1 aliphatic heterocycles. The van der Waals surface area contributed by atoms with Crippen molar-refractivity contribution in [2.45, 2.75) is 32.2 Å². The van der Waals surface area contributed by atoms with Gasteiger partial charge in [0.2, 0.25) is 11.8 Å². The van der Waals surface area contributed by atoms with Crippen LogP contribution in [0.2, 0.25) is 0 Å². The molecule has 0 aromatic heterocycles. The van der Waals surface area contributed by atoms with Crippen LogP contribution in [-0.4, -0.2) is 42.3 Å². The van der Waals surface area contributed by atoms with Crippen LogP contribution in [0.3, 0.4) is 0 Å². The van der Waals surface area contributed by atoms with Crippen molar-refractivity contribution in [3.8, 4) is 6.07 Å². The third kappa shape index (κ3) is 6.67. The first-order chi connectivity index (χ1) is 15.6. The van der Waals surface area contributed by atoms with E-state index in [0.717, 1.165) is 5.56 Å². The minimum absolute atomic E-state index is 0.0349. The summed E-state index contributed by atoms with van der Waals surface area (Å²) in [6, 6.07) is 18.2. The van der Waals surface area contributed by atoms with Crippen LogP contribution >= 0.6 is 0 Å². The average Bonchev–Trinajstić information content (AvgIpc) is 2.87. The molecule has 2 N–H and O–H groups in total. The van der Waals surface area contributed by atoms with E-state index in [1.807, 2.05) is 36.4 Å². The molecule has 2 aromatic carbocycles. The van der Waals surface area contributed by atoms with Crippen molar-refractivity contribution in [2.75, 3.05) is 19.6 Å². The number of rotatable bonds is 4. The van der Waals surface area contributed by atoms with Gasteiger partial charge in [-0.15, -0.1) is 0 Å². The Bertz CT molecular complexity index is 967. The Morgan fingerprint density at radius 1 is 1.06 bits per heavy atom. The number of amides is 3. The van der Waals surface area contributed by atoms with Gasteiger partial charge in [0.1, 0.15) is 0 Å². The van der Waals surface area contributed by atoms with E-state index in [0.29, 0.717) is 56.6 Å². The van der Waals surface area contributed by atoms with Crippen molar-refractivity contribution in [3.63, 3.8) is 0 Å². The summed E-state index contributed by atoms with van der Waals surface area (Å²) in [6.45, 7) is 1.68. The first kappa shape index (κ1) is 23.0. The Kier molecular flexibility index (Phi) is 8.38. The predicted molar refractivity (Wildman–Crippen MR) is 120 cm³/mol. The van der Waals surface area contributed by atoms with Crippen LogP contribution in [0, 0.1) is 17.2 Å². The van der Waals surface area contributed by atoms with Crippen molar-refractivity contribution < 1.29 is 14.4 Å². The highest BCUT2D eigenvalue weighted by atomic mass is 16.2. The zero-order valence-electron chi connectivity index (χ0n) is 18.0. The lowest BCUT2D eigenvalue weighted by Gasteiger charge is -2.23. The Labute approximate surface area is 188 Å². The number of carbonyl (C=O) groups is 3. The van der Waals surface area contributed by atoms with Gasteiger partial charge < -0.3 is 15.5 Å². The number of nitrogens with one attached hydrogen (secondary N) is 2. The van der Waals surface area contributed by atoms with Crippen molar-refractivity contribution >= 4 is 17.7 Å². The molecule has 0 aliphatic carbocycles. The smallest absolute Gasteiger partial charge is 0.253 e. The highest BCUT2D eigenvalue weighted by Crippen LogP contribution is 2.16. The molecule has 1 atom stereocenters. The van der Waals surface area contributed by atoms with Crippen LogP contribution in [0.15, 0.2) is 54.6 Å². The summed E-state index contributed by atoms with van der Waals surface area (Å²) in [5.41, 5.74) is 2.00. The van der Waals surface area contributed by atoms with Crippen LogP contribution in [0.5, 0.6) is 0 Å². The van der Waals surface area contributed by atoms with E-state index in [2.05, 4.69) is 10.6 Å². The fraction of sp³-hybridized carbons (Fsp3) is 0.360. The fourth-order valence-corrected chi connectivity index (χ4v) is 3.76. The van der Waals surface area contributed by atoms with Crippen LogP contribution in [0.4, 0.5) is 0 Å². The van der Waals surface area contributed by atoms with Gasteiger partial charge in [0.05, 0.1) is 11.6 Å². The van der Waals surface area contributed by atoms with Crippen LogP contribution in [0.1, 0.15) is 47.2 Å². The predicted octanol–water partition coefficient (Wildman–Crippen LogP) is 2.62. The number of carbonyl (C=O) groups excluding carboxylic acids is 3. The molecule has 7 nitrogen and oxygen atoms in total. The zero-order chi connectivity index (χ0) is 22.8. The van der Waals surface area contributed by atoms with E-state index >= 15 is 0 Å². The van der Waals surface area contributed by atoms with Crippen molar-refractivity contribution in [3.05, 3.63) is 71.3 Å². The lowest BCUT2D eigenvalue weighted by Crippen LogP contribution is -2.35. The van der Waals surface area contributed by atoms with Gasteiger partial charge in [0.15, 0.2) is 0 Å². The average molecular weight is 433 g/mol. The molecular formula is C25H28N4O3. The SMILES string of the molecule is N#Cc1ccc(C(=O)N2CCCC(C(=O)NCc3ccccc3)CCNC(=O)CC2)cc1. The number of nitriles is 1. The molecule has 32 heavy (non-hydrogen) atoms. The molecule has 3 rings (SSSR count). The van der Waals surface area contributed by atoms with E-state index in [1.54, 1.807) is 29.2 Å². The lowest BCUT2D eigenvalue weighted by molar-refractivity contribution is -0.126. The van der Waals surface area contributed by atoms with Crippen molar-refractivity contribution in [2.24, 2.45) is 5.92 Å². The van der Waals surface area contributed by atoms with Gasteiger partial charge in [0.25, 0.3) is 5.91 Å². The summed E-state index contributed by atoms with van der Waals surface area (Å²) in [4.78, 5) is 39.6. The van der Waals surface area contributed by atoms with Gasteiger partial charge in [-0.3, -0.25) is 14.4 Å². The van der Waals surface area contributed by atoms with Crippen LogP contribution in [0.25, 0.3) is 0 Å². The van der Waals surface area contributed by atoms with Gasteiger partial charge in [-0.2, -0.15) is 5.26 Å². The third-order valence-electron chi connectivity index (χ3n) is 5.63. The summed E-state index contributed by atoms with van der Waals surface area (Å²) >= 11 is 0. The second kappa shape index (κ2) is 11.7. The quantitative estimate of drug-likeness (QED) is 0.775. The van der Waals surface area contributed by atoms with E-state index in [1.165, 1.54) is 0 Å². The van der Waals surface area contributed by atoms with Crippen LogP contribution < -0.4 is 10.6 Å². The molecule has 1 unspecified atom stereocenters. The Hall–Kier alpha value is -3.66. The maximum Gasteiger partial charge on any atom is 0.253 e. The van der Waals surface area contributed by atoms with Gasteiger partial charge in [-0.25, -0.2) is 0 Å². The molecular weight excluding hydrogens is 404 g/mol. The maximum absolute atomic E-state index is 13.0. The molecule has 0 radical (unpaired) electrons. The second-order valence-electron chi connectivity index (χ2n) is 7.91. The van der Waals surface area contributed by atoms with Gasteiger partial charge >= 0.3 is 0 Å². The first-order valence-electron chi connectivity index (χ1n) is 10.9. The molecule has 3 amide bonds. The molecule has 0 spiro atoms. The molecule has 7 heteroatoms. The second-order valence-corrected chi connectivity index (χ2v) is 7.91. The standard InChI is InChI=1S/C25H28N4O3/c26-17-19-8-10-22(11-9-19)25(32)29-15-4-7-21(12-14-27-23(30)13-16-29)24(31)28-18-20-5-2-1-3-6-20/h1-3,5-6,8-11,21H,4,7,12-16,18H2,(H,27,30)(H,28,31). The molecule has 166 valence electrons. The molecule has 1 heterocycles. The number of hydrogen-bond acceptors (Lipinski definition) is 4. The summed E-state index contributed by atoms with van der Waals surface area (Å²) in [5, 5.41) is 14.8. The molecule has 1 saturated heterocycles. The summed E-state index contributed by atoms with van der Waals surface area (Å²) < 4.78 is 0. The Morgan fingerprint density at radius 3 is 2.53 bits per heavy atom. The number of hydrogen-bond donors (Lipinski definition) is 2. The monoisotopic (exact) mass is 432 g/mol. The molecule has 0 bridgehead atoms. The molecule has 0 saturated carbocycles. The fourth-order valence-electron chi connectivity index (χ4n) is 3.76. The van der Waals surface area contributed by atoms with Gasteiger partial charge in [-0.05, 0) is 49.1 Å². The first-order valence-corrected chi connectivity index (χ1v) is 10.9. The van der Waals surface area contributed by atoms with E-state index in [-0.39, 0.29) is 30.1 Å². The topological polar surface area (TPSA) is 102 Å². The summed E-state index contributed by atoms with van der Waals surface area (Å²) in [6.07, 6.45) is 2.08. The van der Waals surface area contributed by atoms with Gasteiger partial charge in [0, 0.05) is 44.1 Å². The van der Waals surface area contributed by atoms with E-state index in [9.17, 15) is 14.4 Å². The van der Waals surface area contributed by atoms with Crippen molar-refractivity contribution in [1.29, 1.82) is 5.26 Å². The van der Waals surface area contributed by atoms with E-state index < -0.39 is 0 Å². The van der Waals surface area contributed by atoms with Gasteiger partial charge in [-0.1, -0.05) is 30.3 Å². The normalized spacial score (nSPS) is 17.4. The minimum atomic E-state index is -0.232. The van der Waals surface area contributed by atoms with E-state index in [4.69, 9.17) is 5.26 Å². The maximum atomic E-state index is 13.0. The largest absolute Gasteiger partial charge is 0.356 e. The van der Waals surface area contributed by atoms with Crippen molar-refractivity contribution in [1.82, 2.24) is 15.5 Å². The Morgan fingerprint density at radius 2 is 1.81 bits per heavy atom. The number of nitrogens with zero attached hydrogens (tertiary/aromatic N) is 2. The molecule has 1 fully saturated rings. The molecule has 2 aromatic rings. The highest BCUT2D eigenvalue weighted by molar-refractivity contribution is 5.94. The lowest BCUT2D eigenvalue weighted by atomic mass is 9.97. The molecule has 1 aliphatic rings. The Balaban J connectivity index is 1.62.